The summed E-state index contributed by atoms with van der Waals surface area (Å²) >= 11 is 0. The van der Waals surface area contributed by atoms with Crippen LogP contribution in [0.5, 0.6) is 0 Å². The number of ether oxygens (including phenoxy) is 1. The fourth-order valence-corrected chi connectivity index (χ4v) is 4.66. The lowest BCUT2D eigenvalue weighted by atomic mass is 10.1. The zero-order chi connectivity index (χ0) is 27.4. The lowest BCUT2D eigenvalue weighted by Gasteiger charge is -2.34. The molecule has 2 N–H and O–H groups in total. The number of fused-ring (bicyclic) bond motifs is 2. The van der Waals surface area contributed by atoms with Gasteiger partial charge in [0.15, 0.2) is 11.1 Å². The number of alkyl halides is 3. The number of oxazole rings is 1. The van der Waals surface area contributed by atoms with Gasteiger partial charge in [0, 0.05) is 24.8 Å². The number of rotatable bonds is 4. The molecule has 1 amide bonds. The third-order valence-electron chi connectivity index (χ3n) is 6.21. The number of hydrogen-bond acceptors (Lipinski definition) is 8. The Balaban J connectivity index is 1.44. The minimum atomic E-state index is -4.72. The van der Waals surface area contributed by atoms with Crippen LogP contribution in [0.2, 0.25) is 0 Å². The summed E-state index contributed by atoms with van der Waals surface area (Å²) in [5.74, 6) is -0.258. The molecular weight excluding hydrogens is 505 g/mol. The average Bonchev–Trinajstić information content (AvgIpc) is 3.25. The Kier molecular flexibility index (Phi) is 6.33. The fourth-order valence-electron chi connectivity index (χ4n) is 4.66. The van der Waals surface area contributed by atoms with E-state index in [1.165, 1.54) is 13.8 Å². The number of nitrogens with one attached hydrogen (secondary N) is 2. The van der Waals surface area contributed by atoms with Crippen LogP contribution in [-0.4, -0.2) is 56.0 Å². The van der Waals surface area contributed by atoms with Gasteiger partial charge in [-0.05, 0) is 45.9 Å². The molecule has 0 saturated carbocycles. The van der Waals surface area contributed by atoms with Crippen molar-refractivity contribution in [2.75, 3.05) is 18.4 Å². The summed E-state index contributed by atoms with van der Waals surface area (Å²) in [4.78, 5) is 41.7. The van der Waals surface area contributed by atoms with Gasteiger partial charge in [-0.1, -0.05) is 0 Å². The zero-order valence-corrected chi connectivity index (χ0v) is 21.0. The van der Waals surface area contributed by atoms with Crippen LogP contribution in [0.4, 0.5) is 18.9 Å². The monoisotopic (exact) mass is 530 g/mol. The molecule has 0 bridgehead atoms. The summed E-state index contributed by atoms with van der Waals surface area (Å²) in [6.07, 6.45) is -4.96. The molecule has 200 valence electrons. The maximum absolute atomic E-state index is 13.9. The van der Waals surface area contributed by atoms with E-state index in [9.17, 15) is 22.8 Å². The summed E-state index contributed by atoms with van der Waals surface area (Å²) in [7, 11) is 0. The van der Waals surface area contributed by atoms with E-state index in [1.54, 1.807) is 23.1 Å². The van der Waals surface area contributed by atoms with Crippen molar-refractivity contribution in [1.82, 2.24) is 24.8 Å². The molecule has 5 rings (SSSR count). The van der Waals surface area contributed by atoms with Gasteiger partial charge in [-0.3, -0.25) is 9.59 Å². The second-order valence-electron chi connectivity index (χ2n) is 9.47. The van der Waals surface area contributed by atoms with E-state index in [2.05, 4.69) is 25.3 Å². The van der Waals surface area contributed by atoms with Gasteiger partial charge >= 0.3 is 12.1 Å². The first-order valence-corrected chi connectivity index (χ1v) is 12.0. The number of nitrogens with zero attached hydrogens (tertiary/aromatic N) is 4. The maximum atomic E-state index is 13.9. The highest BCUT2D eigenvalue weighted by molar-refractivity contribution is 5.93. The number of halogens is 3. The Bertz CT molecular complexity index is 1590. The van der Waals surface area contributed by atoms with Gasteiger partial charge in [0.2, 0.25) is 0 Å². The zero-order valence-electron chi connectivity index (χ0n) is 21.0. The molecule has 0 spiro atoms. The smallest absolute Gasteiger partial charge is 0.418 e. The Morgan fingerprint density at radius 1 is 1.13 bits per heavy atom. The second kappa shape index (κ2) is 9.39. The Hall–Kier alpha value is -4.00. The molecule has 3 atom stereocenters. The van der Waals surface area contributed by atoms with Crippen LogP contribution in [0.25, 0.3) is 22.1 Å². The van der Waals surface area contributed by atoms with Crippen molar-refractivity contribution >= 4 is 33.7 Å². The van der Waals surface area contributed by atoms with Gasteiger partial charge < -0.3 is 24.4 Å². The number of aromatic nitrogens is 4. The van der Waals surface area contributed by atoms with Crippen molar-refractivity contribution in [2.24, 2.45) is 0 Å². The number of amides is 1. The molecule has 1 unspecified atom stereocenters. The van der Waals surface area contributed by atoms with E-state index in [1.807, 2.05) is 13.8 Å². The molecule has 38 heavy (non-hydrogen) atoms. The molecule has 1 saturated heterocycles. The summed E-state index contributed by atoms with van der Waals surface area (Å²) in [5, 5.41) is 2.98. The Labute approximate surface area is 214 Å². The number of morpholine rings is 1. The largest absolute Gasteiger partial charge is 0.432 e. The van der Waals surface area contributed by atoms with Crippen LogP contribution in [0, 0.1) is 6.92 Å². The maximum Gasteiger partial charge on any atom is 0.418 e. The number of anilines is 1. The predicted octanol–water partition coefficient (Wildman–Crippen LogP) is 4.21. The number of hydrogen-bond donors (Lipinski definition) is 2. The molecule has 1 aromatic carbocycles. The predicted molar refractivity (Wildman–Crippen MR) is 132 cm³/mol. The molecule has 0 radical (unpaired) electrons. The van der Waals surface area contributed by atoms with Crippen LogP contribution < -0.4 is 10.9 Å². The standard InChI is InChI=1S/C25H25F3N6O4/c1-11-9-34(10-12(2)37-11)24(36)23-32-17-6-5-15(7-19(17)38-23)29-13(3)20-16(25(26,27)28)8-18-21(33-20)22(35)31-14(4)30-18/h5-8,11-13,29H,9-10H2,1-4H3,(H,30,31,35)/t11-,12+,13?. The van der Waals surface area contributed by atoms with Crippen molar-refractivity contribution in [3.63, 3.8) is 0 Å². The van der Waals surface area contributed by atoms with Gasteiger partial charge in [0.05, 0.1) is 35.0 Å². The number of carbonyl (C=O) groups is 1. The Morgan fingerprint density at radius 3 is 2.53 bits per heavy atom. The lowest BCUT2D eigenvalue weighted by Crippen LogP contribution is -2.48. The van der Waals surface area contributed by atoms with Crippen LogP contribution >= 0.6 is 0 Å². The van der Waals surface area contributed by atoms with E-state index in [-0.39, 0.29) is 46.6 Å². The number of aryl methyl sites for hydroxylation is 1. The van der Waals surface area contributed by atoms with Crippen LogP contribution in [0.3, 0.4) is 0 Å². The van der Waals surface area contributed by atoms with Crippen molar-refractivity contribution in [3.8, 4) is 0 Å². The summed E-state index contributed by atoms with van der Waals surface area (Å²) in [5.41, 5.74) is -1.17. The molecule has 1 fully saturated rings. The number of H-pyrrole nitrogens is 1. The first-order chi connectivity index (χ1) is 17.9. The molecule has 1 aliphatic rings. The first kappa shape index (κ1) is 25.6. The summed E-state index contributed by atoms with van der Waals surface area (Å²) in [6, 6.07) is 4.65. The van der Waals surface area contributed by atoms with E-state index in [4.69, 9.17) is 9.15 Å². The third-order valence-corrected chi connectivity index (χ3v) is 6.21. The second-order valence-corrected chi connectivity index (χ2v) is 9.47. The molecular formula is C25H25F3N6O4. The van der Waals surface area contributed by atoms with E-state index >= 15 is 0 Å². The quantitative estimate of drug-likeness (QED) is 0.402. The molecule has 0 aliphatic carbocycles. The molecule has 13 heteroatoms. The SMILES string of the molecule is Cc1nc2cc(C(F)(F)F)c(C(C)Nc3ccc4nc(C(=O)N5C[C@@H](C)O[C@@H](C)C5)oc4c3)nc2c(=O)[nH]1. The summed E-state index contributed by atoms with van der Waals surface area (Å²) < 4.78 is 53.1. The van der Waals surface area contributed by atoms with Crippen LogP contribution in [0.1, 0.15) is 54.6 Å². The molecule has 4 aromatic rings. The highest BCUT2D eigenvalue weighted by Crippen LogP contribution is 2.36. The number of carbonyl (C=O) groups excluding carboxylic acids is 1. The first-order valence-electron chi connectivity index (χ1n) is 12.0. The minimum Gasteiger partial charge on any atom is -0.432 e. The van der Waals surface area contributed by atoms with Crippen molar-refractivity contribution in [2.45, 2.75) is 52.1 Å². The van der Waals surface area contributed by atoms with E-state index in [0.29, 0.717) is 29.9 Å². The average molecular weight is 531 g/mol. The van der Waals surface area contributed by atoms with Crippen molar-refractivity contribution < 1.29 is 27.1 Å². The third kappa shape index (κ3) is 4.93. The van der Waals surface area contributed by atoms with Gasteiger partial charge in [0.1, 0.15) is 11.3 Å². The van der Waals surface area contributed by atoms with Gasteiger partial charge in [-0.25, -0.2) is 15.0 Å². The molecule has 4 heterocycles. The van der Waals surface area contributed by atoms with Gasteiger partial charge in [0.25, 0.3) is 11.4 Å². The number of aromatic amines is 1. The van der Waals surface area contributed by atoms with Crippen molar-refractivity contribution in [1.29, 1.82) is 0 Å². The number of pyridine rings is 1. The highest BCUT2D eigenvalue weighted by atomic mass is 19.4. The van der Waals surface area contributed by atoms with Crippen molar-refractivity contribution in [3.05, 3.63) is 57.6 Å². The Morgan fingerprint density at radius 2 is 1.84 bits per heavy atom. The van der Waals surface area contributed by atoms with Gasteiger partial charge in [-0.2, -0.15) is 13.2 Å². The summed E-state index contributed by atoms with van der Waals surface area (Å²) in [6.45, 7) is 7.55. The van der Waals surface area contributed by atoms with Gasteiger partial charge in [-0.15, -0.1) is 0 Å². The molecule has 10 nitrogen and oxygen atoms in total. The lowest BCUT2D eigenvalue weighted by molar-refractivity contribution is -0.138. The molecule has 3 aromatic heterocycles. The van der Waals surface area contributed by atoms with Crippen LogP contribution in [0.15, 0.2) is 33.5 Å². The molecule has 1 aliphatic heterocycles. The van der Waals surface area contributed by atoms with E-state index in [0.717, 1.165) is 6.07 Å². The van der Waals surface area contributed by atoms with E-state index < -0.39 is 23.3 Å². The van der Waals surface area contributed by atoms with Crippen LogP contribution in [-0.2, 0) is 10.9 Å². The highest BCUT2D eigenvalue weighted by Gasteiger charge is 2.37. The fraction of sp³-hybridized carbons (Fsp3) is 0.400. The number of benzene rings is 1. The minimum absolute atomic E-state index is 0.0796. The topological polar surface area (TPSA) is 126 Å². The normalized spacial score (nSPS) is 19.2.